The lowest BCUT2D eigenvalue weighted by molar-refractivity contribution is 0.0591. The normalized spacial score (nSPS) is 16.5. The maximum Gasteiger partial charge on any atom is 0.160 e. The fraction of sp³-hybridized carbons (Fsp3) is 0.586. The summed E-state index contributed by atoms with van der Waals surface area (Å²) in [6, 6.07) is 8.50. The zero-order valence-electron chi connectivity index (χ0n) is 22.9. The molecular weight excluding hydrogens is 490 g/mol. The SMILES string of the molecule is CCCC1OCc2c(O)c(C(C#N)(CCCN(C)CCc3ccc(OC)c(OC)c3)C(C)C)nc(Cl)c21. The lowest BCUT2D eigenvalue weighted by Gasteiger charge is -2.32. The predicted molar refractivity (Wildman–Crippen MR) is 145 cm³/mol. The fourth-order valence-corrected chi connectivity index (χ4v) is 5.48. The molecule has 202 valence electrons. The van der Waals surface area contributed by atoms with Gasteiger partial charge in [-0.15, -0.1) is 0 Å². The molecule has 1 N–H and O–H groups in total. The third-order valence-corrected chi connectivity index (χ3v) is 7.81. The van der Waals surface area contributed by atoms with E-state index in [1.165, 1.54) is 5.56 Å². The highest BCUT2D eigenvalue weighted by Gasteiger charge is 2.42. The molecule has 2 aromatic rings. The van der Waals surface area contributed by atoms with Crippen LogP contribution in [0, 0.1) is 17.2 Å². The molecule has 1 aromatic carbocycles. The number of fused-ring (bicyclic) bond motifs is 1. The number of pyridine rings is 1. The van der Waals surface area contributed by atoms with Crippen LogP contribution in [0.2, 0.25) is 5.15 Å². The first-order valence-corrected chi connectivity index (χ1v) is 13.4. The van der Waals surface area contributed by atoms with Crippen LogP contribution in [0.1, 0.15) is 74.9 Å². The maximum absolute atomic E-state index is 11.3. The predicted octanol–water partition coefficient (Wildman–Crippen LogP) is 6.20. The molecule has 1 aliphatic heterocycles. The van der Waals surface area contributed by atoms with E-state index >= 15 is 0 Å². The molecule has 2 atom stereocenters. The molecule has 0 saturated heterocycles. The molecule has 0 saturated carbocycles. The third kappa shape index (κ3) is 6.14. The van der Waals surface area contributed by atoms with Gasteiger partial charge in [-0.1, -0.05) is 44.9 Å². The topological polar surface area (TPSA) is 87.8 Å². The highest BCUT2D eigenvalue weighted by atomic mass is 35.5. The van der Waals surface area contributed by atoms with Gasteiger partial charge in [0, 0.05) is 17.7 Å². The van der Waals surface area contributed by atoms with Gasteiger partial charge in [-0.05, 0) is 62.9 Å². The highest BCUT2D eigenvalue weighted by Crippen LogP contribution is 2.48. The molecule has 2 heterocycles. The van der Waals surface area contributed by atoms with Gasteiger partial charge >= 0.3 is 0 Å². The average molecular weight is 530 g/mol. The van der Waals surface area contributed by atoms with E-state index in [9.17, 15) is 10.4 Å². The van der Waals surface area contributed by atoms with Crippen LogP contribution in [0.3, 0.4) is 0 Å². The Kier molecular flexibility index (Phi) is 10.1. The Labute approximate surface area is 226 Å². The van der Waals surface area contributed by atoms with Crippen molar-refractivity contribution in [2.45, 2.75) is 71.0 Å². The number of rotatable bonds is 13. The van der Waals surface area contributed by atoms with Crippen molar-refractivity contribution >= 4 is 11.6 Å². The van der Waals surface area contributed by atoms with Crippen molar-refractivity contribution < 1.29 is 19.3 Å². The summed E-state index contributed by atoms with van der Waals surface area (Å²) in [4.78, 5) is 6.88. The molecular formula is C29H40ClN3O4. The van der Waals surface area contributed by atoms with Gasteiger partial charge in [-0.25, -0.2) is 4.98 Å². The number of halogens is 1. The first kappa shape index (κ1) is 29.0. The molecule has 7 nitrogen and oxygen atoms in total. The molecule has 0 fully saturated rings. The Hall–Kier alpha value is -2.53. The van der Waals surface area contributed by atoms with Gasteiger partial charge in [-0.3, -0.25) is 0 Å². The van der Waals surface area contributed by atoms with Crippen molar-refractivity contribution in [3.63, 3.8) is 0 Å². The highest BCUT2D eigenvalue weighted by molar-refractivity contribution is 6.30. The third-order valence-electron chi connectivity index (χ3n) is 7.52. The summed E-state index contributed by atoms with van der Waals surface area (Å²) in [7, 11) is 5.35. The Morgan fingerprint density at radius 1 is 1.27 bits per heavy atom. The summed E-state index contributed by atoms with van der Waals surface area (Å²) >= 11 is 6.63. The van der Waals surface area contributed by atoms with Gasteiger partial charge in [-0.2, -0.15) is 5.26 Å². The summed E-state index contributed by atoms with van der Waals surface area (Å²) in [5.74, 6) is 1.45. The number of benzene rings is 1. The van der Waals surface area contributed by atoms with Crippen molar-refractivity contribution in [2.24, 2.45) is 5.92 Å². The minimum Gasteiger partial charge on any atom is -0.506 e. The van der Waals surface area contributed by atoms with E-state index in [0.29, 0.717) is 29.4 Å². The Morgan fingerprint density at radius 3 is 2.62 bits per heavy atom. The molecule has 2 unspecified atom stereocenters. The largest absolute Gasteiger partial charge is 0.506 e. The number of nitrogens with zero attached hydrogens (tertiary/aromatic N) is 3. The Balaban J connectivity index is 1.71. The van der Waals surface area contributed by atoms with E-state index < -0.39 is 5.41 Å². The minimum atomic E-state index is -0.949. The molecule has 8 heteroatoms. The van der Waals surface area contributed by atoms with Crippen molar-refractivity contribution in [1.82, 2.24) is 9.88 Å². The maximum atomic E-state index is 11.3. The molecule has 1 aromatic heterocycles. The first-order chi connectivity index (χ1) is 17.7. The van der Waals surface area contributed by atoms with Crippen LogP contribution in [0.25, 0.3) is 0 Å². The van der Waals surface area contributed by atoms with Crippen LogP contribution >= 0.6 is 11.6 Å². The number of methoxy groups -OCH3 is 2. The number of hydrogen-bond acceptors (Lipinski definition) is 7. The van der Waals surface area contributed by atoms with Crippen LogP contribution in [0.15, 0.2) is 18.2 Å². The van der Waals surface area contributed by atoms with Crippen LogP contribution in [0.4, 0.5) is 0 Å². The monoisotopic (exact) mass is 529 g/mol. The van der Waals surface area contributed by atoms with Crippen LogP contribution in [-0.2, 0) is 23.2 Å². The Bertz CT molecular complexity index is 1120. The van der Waals surface area contributed by atoms with Gasteiger partial charge < -0.3 is 24.2 Å². The molecule has 0 spiro atoms. The van der Waals surface area contributed by atoms with E-state index in [0.717, 1.165) is 55.8 Å². The van der Waals surface area contributed by atoms with E-state index in [2.05, 4.69) is 36.0 Å². The quantitative estimate of drug-likeness (QED) is 0.309. The fourth-order valence-electron chi connectivity index (χ4n) is 5.16. The summed E-state index contributed by atoms with van der Waals surface area (Å²) in [6.45, 7) is 8.05. The molecule has 1 aliphatic rings. The van der Waals surface area contributed by atoms with Gasteiger partial charge in [0.05, 0.1) is 33.0 Å². The second kappa shape index (κ2) is 12.8. The molecule has 37 heavy (non-hydrogen) atoms. The molecule has 0 aliphatic carbocycles. The lowest BCUT2D eigenvalue weighted by Crippen LogP contribution is -2.34. The number of aromatic nitrogens is 1. The van der Waals surface area contributed by atoms with E-state index in [-0.39, 0.29) is 17.8 Å². The zero-order chi connectivity index (χ0) is 27.2. The zero-order valence-corrected chi connectivity index (χ0v) is 23.7. The summed E-state index contributed by atoms with van der Waals surface area (Å²) in [5.41, 5.74) is 2.05. The van der Waals surface area contributed by atoms with Crippen molar-refractivity contribution in [1.29, 1.82) is 5.26 Å². The van der Waals surface area contributed by atoms with Gasteiger partial charge in [0.1, 0.15) is 22.0 Å². The summed E-state index contributed by atoms with van der Waals surface area (Å²) in [5, 5.41) is 22.0. The number of likely N-dealkylation sites (N-methyl/N-ethyl adjacent to an activating group) is 1. The van der Waals surface area contributed by atoms with E-state index in [1.807, 2.05) is 26.0 Å². The van der Waals surface area contributed by atoms with Crippen LogP contribution in [-0.4, -0.2) is 49.3 Å². The summed E-state index contributed by atoms with van der Waals surface area (Å²) < 4.78 is 16.6. The van der Waals surface area contributed by atoms with Crippen LogP contribution in [0.5, 0.6) is 17.2 Å². The standard InChI is InChI=1S/C29H40ClN3O4/c1-7-9-23-25-21(17-37-23)26(34)27(32-28(25)30)29(18-31,19(2)3)13-8-14-33(4)15-12-20-10-11-22(35-5)24(16-20)36-6/h10-11,16,19,23,34H,7-9,12-15,17H2,1-6H3. The van der Waals surface area contributed by atoms with E-state index in [1.54, 1.807) is 14.2 Å². The molecule has 0 radical (unpaired) electrons. The van der Waals surface area contributed by atoms with Crippen molar-refractivity contribution in [3.8, 4) is 23.3 Å². The first-order valence-electron chi connectivity index (χ1n) is 13.1. The molecule has 3 rings (SSSR count). The second-order valence-corrected chi connectivity index (χ2v) is 10.5. The van der Waals surface area contributed by atoms with E-state index in [4.69, 9.17) is 25.8 Å². The average Bonchev–Trinajstić information content (AvgIpc) is 3.32. The van der Waals surface area contributed by atoms with Gasteiger partial charge in [0.15, 0.2) is 11.5 Å². The smallest absolute Gasteiger partial charge is 0.160 e. The van der Waals surface area contributed by atoms with Gasteiger partial charge in [0.2, 0.25) is 0 Å². The van der Waals surface area contributed by atoms with Crippen molar-refractivity contribution in [3.05, 3.63) is 45.7 Å². The minimum absolute atomic E-state index is 0.0594. The number of aromatic hydroxyl groups is 1. The van der Waals surface area contributed by atoms with Gasteiger partial charge in [0.25, 0.3) is 0 Å². The number of hydrogen-bond donors (Lipinski definition) is 1. The van der Waals surface area contributed by atoms with Crippen molar-refractivity contribution in [2.75, 3.05) is 34.4 Å². The lowest BCUT2D eigenvalue weighted by atomic mass is 9.71. The Morgan fingerprint density at radius 2 is 2.00 bits per heavy atom. The second-order valence-electron chi connectivity index (χ2n) is 10.2. The summed E-state index contributed by atoms with van der Waals surface area (Å²) in [6.07, 6.45) is 3.81. The number of nitriles is 1. The molecule has 0 bridgehead atoms. The molecule has 0 amide bonds. The number of ether oxygens (including phenoxy) is 3. The van der Waals surface area contributed by atoms with Crippen LogP contribution < -0.4 is 9.47 Å².